The molecule has 0 atom stereocenters. The van der Waals surface area contributed by atoms with Crippen molar-refractivity contribution < 1.29 is 9.90 Å². The van der Waals surface area contributed by atoms with Gasteiger partial charge in [0.2, 0.25) is 5.95 Å². The first kappa shape index (κ1) is 22.7. The molecular formula is C27H28N6O2. The van der Waals surface area contributed by atoms with E-state index in [1.807, 2.05) is 37.4 Å². The third-order valence-corrected chi connectivity index (χ3v) is 6.27. The van der Waals surface area contributed by atoms with Crippen molar-refractivity contribution in [3.63, 3.8) is 0 Å². The van der Waals surface area contributed by atoms with Gasteiger partial charge in [0, 0.05) is 42.2 Å². The van der Waals surface area contributed by atoms with Gasteiger partial charge in [-0.15, -0.1) is 0 Å². The Morgan fingerprint density at radius 2 is 2.00 bits per heavy atom. The van der Waals surface area contributed by atoms with Crippen LogP contribution in [0.5, 0.6) is 0 Å². The summed E-state index contributed by atoms with van der Waals surface area (Å²) in [6, 6.07) is 12.9. The molecule has 0 saturated heterocycles. The molecule has 2 aliphatic heterocycles. The van der Waals surface area contributed by atoms with Crippen molar-refractivity contribution in [1.82, 2.24) is 9.97 Å². The Morgan fingerprint density at radius 3 is 2.77 bits per heavy atom. The molecule has 0 radical (unpaired) electrons. The third kappa shape index (κ3) is 4.28. The predicted octanol–water partition coefficient (Wildman–Crippen LogP) is 4.08. The molecule has 0 spiro atoms. The summed E-state index contributed by atoms with van der Waals surface area (Å²) in [5.74, 6) is 2.06. The zero-order valence-corrected chi connectivity index (χ0v) is 20.3. The normalized spacial score (nSPS) is 14.6. The number of benzene rings is 2. The molecule has 3 aromatic rings. The van der Waals surface area contributed by atoms with Crippen LogP contribution in [-0.2, 0) is 5.60 Å². The predicted molar refractivity (Wildman–Crippen MR) is 140 cm³/mol. The summed E-state index contributed by atoms with van der Waals surface area (Å²) in [6.45, 7) is 6.90. The minimum Gasteiger partial charge on any atom is -0.386 e. The number of amides is 1. The average molecular weight is 469 g/mol. The van der Waals surface area contributed by atoms with Crippen LogP contribution >= 0.6 is 0 Å². The van der Waals surface area contributed by atoms with Crippen LogP contribution < -0.4 is 15.5 Å². The maximum absolute atomic E-state index is 13.0. The molecule has 2 aliphatic rings. The average Bonchev–Trinajstić information content (AvgIpc) is 3.34. The van der Waals surface area contributed by atoms with Gasteiger partial charge in [-0.3, -0.25) is 9.79 Å². The molecule has 0 unspecified atom stereocenters. The highest BCUT2D eigenvalue weighted by Gasteiger charge is 2.31. The number of aromatic nitrogens is 2. The fourth-order valence-electron chi connectivity index (χ4n) is 4.36. The molecule has 0 aliphatic carbocycles. The SMILES string of the molecule is CNc1ncc2c(n1)N1CCN=C1C(c1cc(NC(=O)c3cccc(C(C)(C)O)c3)ccc1C)=C2. The van der Waals surface area contributed by atoms with E-state index >= 15 is 0 Å². The second-order valence-corrected chi connectivity index (χ2v) is 9.26. The molecule has 8 nitrogen and oxygen atoms in total. The lowest BCUT2D eigenvalue weighted by Crippen LogP contribution is -2.32. The molecule has 178 valence electrons. The Hall–Kier alpha value is -4.04. The standard InChI is InChI=1S/C27H28N6O2/c1-16-8-9-20(31-25(34)17-6-5-7-19(12-17)27(2,3)35)14-21(16)22-13-18-15-30-26(28-4)32-23(18)33-11-10-29-24(22)33/h5-9,12-15,35H,10-11H2,1-4H3,(H,31,34)(H,28,30,32). The van der Waals surface area contributed by atoms with E-state index in [4.69, 9.17) is 4.99 Å². The first-order valence-corrected chi connectivity index (χ1v) is 11.6. The number of aliphatic imine (C=N–C) groups is 1. The molecule has 0 bridgehead atoms. The van der Waals surface area contributed by atoms with Crippen molar-refractivity contribution in [2.24, 2.45) is 4.99 Å². The molecule has 35 heavy (non-hydrogen) atoms. The number of carbonyl (C=O) groups excluding carboxylic acids is 1. The lowest BCUT2D eigenvalue weighted by atomic mass is 9.94. The fourth-order valence-corrected chi connectivity index (χ4v) is 4.36. The van der Waals surface area contributed by atoms with Gasteiger partial charge in [-0.25, -0.2) is 4.98 Å². The van der Waals surface area contributed by atoms with Crippen molar-refractivity contribution in [2.45, 2.75) is 26.4 Å². The number of hydrogen-bond acceptors (Lipinski definition) is 7. The summed E-state index contributed by atoms with van der Waals surface area (Å²) in [5.41, 5.74) is 4.80. The van der Waals surface area contributed by atoms with Crippen LogP contribution in [0.1, 0.15) is 46.5 Å². The van der Waals surface area contributed by atoms with Crippen molar-refractivity contribution in [3.05, 3.63) is 76.5 Å². The Bertz CT molecular complexity index is 1390. The van der Waals surface area contributed by atoms with Crippen LogP contribution in [0.4, 0.5) is 17.5 Å². The summed E-state index contributed by atoms with van der Waals surface area (Å²) in [6.07, 6.45) is 3.88. The number of hydrogen-bond donors (Lipinski definition) is 3. The van der Waals surface area contributed by atoms with Gasteiger partial charge in [-0.05, 0) is 67.8 Å². The van der Waals surface area contributed by atoms with Crippen LogP contribution in [-0.4, -0.2) is 47.0 Å². The van der Waals surface area contributed by atoms with Crippen LogP contribution in [0.25, 0.3) is 11.6 Å². The van der Waals surface area contributed by atoms with E-state index in [0.29, 0.717) is 29.3 Å². The number of nitrogens with zero attached hydrogens (tertiary/aromatic N) is 4. The second-order valence-electron chi connectivity index (χ2n) is 9.26. The summed E-state index contributed by atoms with van der Waals surface area (Å²) >= 11 is 0. The summed E-state index contributed by atoms with van der Waals surface area (Å²) < 4.78 is 0. The number of aryl methyl sites for hydroxylation is 1. The smallest absolute Gasteiger partial charge is 0.255 e. The minimum atomic E-state index is -1.03. The molecule has 2 aromatic carbocycles. The number of nitrogens with one attached hydrogen (secondary N) is 2. The molecule has 0 saturated carbocycles. The minimum absolute atomic E-state index is 0.235. The van der Waals surface area contributed by atoms with E-state index < -0.39 is 5.60 Å². The summed E-state index contributed by atoms with van der Waals surface area (Å²) in [7, 11) is 1.80. The van der Waals surface area contributed by atoms with E-state index in [9.17, 15) is 9.90 Å². The quantitative estimate of drug-likeness (QED) is 0.522. The monoisotopic (exact) mass is 468 g/mol. The highest BCUT2D eigenvalue weighted by molar-refractivity contribution is 6.36. The molecule has 3 heterocycles. The van der Waals surface area contributed by atoms with Gasteiger partial charge in [-0.2, -0.15) is 4.98 Å². The molecule has 1 aromatic heterocycles. The van der Waals surface area contributed by atoms with Crippen LogP contribution in [0.3, 0.4) is 0 Å². The lowest BCUT2D eigenvalue weighted by molar-refractivity contribution is 0.0785. The molecule has 1 amide bonds. The molecule has 0 fully saturated rings. The highest BCUT2D eigenvalue weighted by atomic mass is 16.3. The molecule has 8 heteroatoms. The van der Waals surface area contributed by atoms with E-state index in [2.05, 4.69) is 31.6 Å². The van der Waals surface area contributed by atoms with Crippen molar-refractivity contribution >= 4 is 40.8 Å². The highest BCUT2D eigenvalue weighted by Crippen LogP contribution is 2.37. The van der Waals surface area contributed by atoms with E-state index in [0.717, 1.165) is 40.5 Å². The Morgan fingerprint density at radius 1 is 1.17 bits per heavy atom. The number of aliphatic hydroxyl groups is 1. The second kappa shape index (κ2) is 8.63. The van der Waals surface area contributed by atoms with Crippen LogP contribution in [0, 0.1) is 6.92 Å². The fraction of sp³-hybridized carbons (Fsp3) is 0.259. The third-order valence-electron chi connectivity index (χ3n) is 6.27. The van der Waals surface area contributed by atoms with E-state index in [1.54, 1.807) is 39.1 Å². The number of fused-ring (bicyclic) bond motifs is 3. The summed E-state index contributed by atoms with van der Waals surface area (Å²) in [5, 5.41) is 16.3. The van der Waals surface area contributed by atoms with Gasteiger partial charge >= 0.3 is 0 Å². The van der Waals surface area contributed by atoms with Gasteiger partial charge in [-0.1, -0.05) is 18.2 Å². The van der Waals surface area contributed by atoms with Crippen LogP contribution in [0.15, 0.2) is 53.7 Å². The van der Waals surface area contributed by atoms with E-state index in [1.165, 1.54) is 0 Å². The maximum atomic E-state index is 13.0. The van der Waals surface area contributed by atoms with Gasteiger partial charge < -0.3 is 20.6 Å². The maximum Gasteiger partial charge on any atom is 0.255 e. The topological polar surface area (TPSA) is 103 Å². The van der Waals surface area contributed by atoms with Crippen molar-refractivity contribution in [3.8, 4) is 0 Å². The largest absolute Gasteiger partial charge is 0.386 e. The van der Waals surface area contributed by atoms with E-state index in [-0.39, 0.29) is 5.91 Å². The summed E-state index contributed by atoms with van der Waals surface area (Å²) in [4.78, 5) is 28.9. The molecule has 3 N–H and O–H groups in total. The van der Waals surface area contributed by atoms with Crippen molar-refractivity contribution in [1.29, 1.82) is 0 Å². The van der Waals surface area contributed by atoms with Crippen molar-refractivity contribution in [2.75, 3.05) is 35.7 Å². The lowest BCUT2D eigenvalue weighted by Gasteiger charge is -2.28. The Labute approximate surface area is 204 Å². The van der Waals surface area contributed by atoms with Gasteiger partial charge in [0.15, 0.2) is 0 Å². The number of carbonyl (C=O) groups is 1. The van der Waals surface area contributed by atoms with Gasteiger partial charge in [0.25, 0.3) is 5.91 Å². The zero-order chi connectivity index (χ0) is 24.7. The molecular weight excluding hydrogens is 440 g/mol. The Kier molecular flexibility index (Phi) is 5.61. The first-order valence-electron chi connectivity index (χ1n) is 11.6. The van der Waals surface area contributed by atoms with Crippen LogP contribution in [0.2, 0.25) is 0 Å². The number of amidine groups is 1. The molecule has 5 rings (SSSR count). The number of anilines is 3. The first-order chi connectivity index (χ1) is 16.7. The number of rotatable bonds is 5. The van der Waals surface area contributed by atoms with Gasteiger partial charge in [0.1, 0.15) is 11.7 Å². The zero-order valence-electron chi connectivity index (χ0n) is 20.3. The Balaban J connectivity index is 1.49. The van der Waals surface area contributed by atoms with Gasteiger partial charge in [0.05, 0.1) is 12.1 Å².